The molecule has 1 fully saturated rings. The highest BCUT2D eigenvalue weighted by molar-refractivity contribution is 7.91. The van der Waals surface area contributed by atoms with E-state index in [1.54, 1.807) is 0 Å². The Morgan fingerprint density at radius 1 is 1.24 bits per heavy atom. The molecule has 1 aromatic rings. The average Bonchev–Trinajstić information content (AvgIpc) is 2.91. The highest BCUT2D eigenvalue weighted by atomic mass is 32.2. The number of anilines is 1. The van der Waals surface area contributed by atoms with Crippen molar-refractivity contribution in [1.82, 2.24) is 0 Å². The third-order valence-electron chi connectivity index (χ3n) is 4.20. The van der Waals surface area contributed by atoms with Gasteiger partial charge >= 0.3 is 5.97 Å². The zero-order chi connectivity index (χ0) is 18.3. The second-order valence-corrected chi connectivity index (χ2v) is 8.71. The molecule has 1 heterocycles. The predicted octanol–water partition coefficient (Wildman–Crippen LogP) is 2.34. The maximum absolute atomic E-state index is 11.8. The second kappa shape index (κ2) is 8.99. The van der Waals surface area contributed by atoms with E-state index in [0.717, 1.165) is 19.3 Å². The molecule has 1 aliphatic heterocycles. The number of ether oxygens (including phenoxy) is 1. The number of hydrogen-bond donors (Lipinski definition) is 1. The van der Waals surface area contributed by atoms with Crippen molar-refractivity contribution in [2.45, 2.75) is 39.0 Å². The van der Waals surface area contributed by atoms with Gasteiger partial charge in [-0.05, 0) is 42.9 Å². The van der Waals surface area contributed by atoms with Crippen molar-refractivity contribution >= 4 is 27.4 Å². The summed E-state index contributed by atoms with van der Waals surface area (Å²) < 4.78 is 27.7. The molecule has 2 rings (SSSR count). The van der Waals surface area contributed by atoms with Crippen LogP contribution in [0.2, 0.25) is 0 Å². The topological polar surface area (TPSA) is 89.5 Å². The molecule has 0 spiro atoms. The first-order chi connectivity index (χ1) is 11.9. The number of esters is 1. The minimum absolute atomic E-state index is 0.0265. The van der Waals surface area contributed by atoms with Crippen molar-refractivity contribution in [3.05, 3.63) is 29.8 Å². The summed E-state index contributed by atoms with van der Waals surface area (Å²) in [6.07, 6.45) is 3.80. The quantitative estimate of drug-likeness (QED) is 0.712. The van der Waals surface area contributed by atoms with Gasteiger partial charge in [-0.25, -0.2) is 8.42 Å². The minimum Gasteiger partial charge on any atom is -0.456 e. The average molecular weight is 367 g/mol. The number of aryl methyl sites for hydroxylation is 1. The molecule has 0 unspecified atom stereocenters. The van der Waals surface area contributed by atoms with Crippen LogP contribution in [-0.2, 0) is 30.6 Å². The van der Waals surface area contributed by atoms with Gasteiger partial charge in [0.25, 0.3) is 5.91 Å². The Hall–Kier alpha value is -1.89. The van der Waals surface area contributed by atoms with Crippen LogP contribution in [-0.4, -0.2) is 38.4 Å². The summed E-state index contributed by atoms with van der Waals surface area (Å²) >= 11 is 0. The van der Waals surface area contributed by atoms with E-state index in [4.69, 9.17) is 4.74 Å². The van der Waals surface area contributed by atoms with Gasteiger partial charge in [0.1, 0.15) is 0 Å². The Kier molecular flexibility index (Phi) is 6.99. The molecule has 1 N–H and O–H groups in total. The summed E-state index contributed by atoms with van der Waals surface area (Å²) in [4.78, 5) is 23.5. The van der Waals surface area contributed by atoms with E-state index >= 15 is 0 Å². The van der Waals surface area contributed by atoms with Crippen molar-refractivity contribution in [3.63, 3.8) is 0 Å². The summed E-state index contributed by atoms with van der Waals surface area (Å²) in [5.41, 5.74) is 1.88. The van der Waals surface area contributed by atoms with E-state index in [0.29, 0.717) is 12.1 Å². The number of benzene rings is 1. The first kappa shape index (κ1) is 19.4. The highest BCUT2D eigenvalue weighted by Crippen LogP contribution is 2.21. The van der Waals surface area contributed by atoms with Crippen LogP contribution in [0, 0.1) is 5.92 Å². The molecule has 7 heteroatoms. The van der Waals surface area contributed by atoms with Crippen LogP contribution in [0.3, 0.4) is 0 Å². The summed E-state index contributed by atoms with van der Waals surface area (Å²) in [7, 11) is -3.01. The Labute approximate surface area is 148 Å². The van der Waals surface area contributed by atoms with E-state index in [2.05, 4.69) is 12.2 Å². The van der Waals surface area contributed by atoms with Crippen LogP contribution in [0.1, 0.15) is 38.2 Å². The summed E-state index contributed by atoms with van der Waals surface area (Å²) in [5.74, 6) is -0.990. The Balaban J connectivity index is 1.70. The van der Waals surface area contributed by atoms with Gasteiger partial charge in [0, 0.05) is 12.1 Å². The largest absolute Gasteiger partial charge is 0.456 e. The summed E-state index contributed by atoms with van der Waals surface area (Å²) in [5, 5.41) is 2.68. The van der Waals surface area contributed by atoms with Crippen molar-refractivity contribution in [3.8, 4) is 0 Å². The van der Waals surface area contributed by atoms with Crippen molar-refractivity contribution < 1.29 is 22.7 Å². The molecule has 6 nitrogen and oxygen atoms in total. The fourth-order valence-corrected chi connectivity index (χ4v) is 4.67. The van der Waals surface area contributed by atoms with Crippen LogP contribution in [0.4, 0.5) is 5.69 Å². The molecule has 1 atom stereocenters. The molecule has 0 saturated carbocycles. The van der Waals surface area contributed by atoms with E-state index in [9.17, 15) is 18.0 Å². The highest BCUT2D eigenvalue weighted by Gasteiger charge is 2.29. The first-order valence-corrected chi connectivity index (χ1v) is 10.4. The third kappa shape index (κ3) is 6.86. The monoisotopic (exact) mass is 367 g/mol. The number of hydrogen-bond acceptors (Lipinski definition) is 5. The molecule has 0 bridgehead atoms. The number of sulfone groups is 1. The molecule has 1 saturated heterocycles. The molecule has 0 radical (unpaired) electrons. The van der Waals surface area contributed by atoms with Gasteiger partial charge in [0.2, 0.25) is 0 Å². The van der Waals surface area contributed by atoms with Crippen LogP contribution < -0.4 is 5.32 Å². The normalized spacial score (nSPS) is 18.7. The SMILES string of the molecule is CCCCc1ccc(NC(=O)COC(=O)C[C@@H]2CCS(=O)(=O)C2)cc1. The van der Waals surface area contributed by atoms with Crippen LogP contribution in [0.5, 0.6) is 0 Å². The Morgan fingerprint density at radius 2 is 1.96 bits per heavy atom. The second-order valence-electron chi connectivity index (χ2n) is 6.48. The standard InChI is InChI=1S/C18H25NO5S/c1-2-3-4-14-5-7-16(8-6-14)19-17(20)12-24-18(21)11-15-9-10-25(22,23)13-15/h5-8,15H,2-4,9-13H2,1H3,(H,19,20)/t15-/m0/s1. The van der Waals surface area contributed by atoms with Crippen LogP contribution in [0.25, 0.3) is 0 Å². The molecule has 25 heavy (non-hydrogen) atoms. The predicted molar refractivity (Wildman–Crippen MR) is 96.0 cm³/mol. The molecular weight excluding hydrogens is 342 g/mol. The van der Waals surface area contributed by atoms with Crippen LogP contribution in [0.15, 0.2) is 24.3 Å². The van der Waals surface area contributed by atoms with E-state index in [1.807, 2.05) is 24.3 Å². The Morgan fingerprint density at radius 3 is 2.56 bits per heavy atom. The van der Waals surface area contributed by atoms with Gasteiger partial charge in [-0.1, -0.05) is 25.5 Å². The zero-order valence-corrected chi connectivity index (χ0v) is 15.3. The smallest absolute Gasteiger partial charge is 0.306 e. The van der Waals surface area contributed by atoms with E-state index in [-0.39, 0.29) is 30.5 Å². The van der Waals surface area contributed by atoms with Crippen molar-refractivity contribution in [1.29, 1.82) is 0 Å². The number of amides is 1. The molecule has 1 aliphatic rings. The molecule has 0 aliphatic carbocycles. The fraction of sp³-hybridized carbons (Fsp3) is 0.556. The Bertz CT molecular complexity index is 697. The number of rotatable bonds is 8. The third-order valence-corrected chi connectivity index (χ3v) is 6.04. The molecule has 1 aromatic carbocycles. The number of carbonyl (C=O) groups excluding carboxylic acids is 2. The number of carbonyl (C=O) groups is 2. The van der Waals surface area contributed by atoms with Gasteiger partial charge in [-0.2, -0.15) is 0 Å². The maximum atomic E-state index is 11.8. The van der Waals surface area contributed by atoms with E-state index < -0.39 is 21.7 Å². The molecule has 0 aromatic heterocycles. The maximum Gasteiger partial charge on any atom is 0.306 e. The van der Waals surface area contributed by atoms with Gasteiger partial charge in [-0.3, -0.25) is 9.59 Å². The zero-order valence-electron chi connectivity index (χ0n) is 14.5. The van der Waals surface area contributed by atoms with Gasteiger partial charge in [0.15, 0.2) is 16.4 Å². The van der Waals surface area contributed by atoms with Crippen LogP contribution >= 0.6 is 0 Å². The lowest BCUT2D eigenvalue weighted by Crippen LogP contribution is -2.22. The molecule has 138 valence electrons. The van der Waals surface area contributed by atoms with Gasteiger partial charge in [0.05, 0.1) is 11.5 Å². The number of unbranched alkanes of at least 4 members (excludes halogenated alkanes) is 1. The van der Waals surface area contributed by atoms with Crippen molar-refractivity contribution in [2.75, 3.05) is 23.4 Å². The molecule has 1 amide bonds. The lowest BCUT2D eigenvalue weighted by atomic mass is 10.1. The summed E-state index contributed by atoms with van der Waals surface area (Å²) in [6, 6.07) is 7.60. The van der Waals surface area contributed by atoms with E-state index in [1.165, 1.54) is 5.56 Å². The lowest BCUT2D eigenvalue weighted by Gasteiger charge is -2.09. The summed E-state index contributed by atoms with van der Waals surface area (Å²) in [6.45, 7) is 1.78. The fourth-order valence-electron chi connectivity index (χ4n) is 2.81. The molecular formula is C18H25NO5S. The van der Waals surface area contributed by atoms with Crippen molar-refractivity contribution in [2.24, 2.45) is 5.92 Å². The van der Waals surface area contributed by atoms with Gasteiger partial charge < -0.3 is 10.1 Å². The number of nitrogens with one attached hydrogen (secondary N) is 1. The minimum atomic E-state index is -3.01. The lowest BCUT2D eigenvalue weighted by molar-refractivity contribution is -0.148. The first-order valence-electron chi connectivity index (χ1n) is 8.63. The van der Waals surface area contributed by atoms with Gasteiger partial charge in [-0.15, -0.1) is 0 Å².